The van der Waals surface area contributed by atoms with Crippen LogP contribution in [0.3, 0.4) is 0 Å². The average Bonchev–Trinajstić information content (AvgIpc) is 2.85. The predicted octanol–water partition coefficient (Wildman–Crippen LogP) is 3.86. The number of pyridine rings is 1. The zero-order valence-electron chi connectivity index (χ0n) is 19.4. The number of carbonyl (C=O) groups excluding carboxylic acids is 2. The average molecular weight is 449 g/mol. The lowest BCUT2D eigenvalue weighted by atomic mass is 9.98. The van der Waals surface area contributed by atoms with Crippen molar-refractivity contribution >= 4 is 22.8 Å². The van der Waals surface area contributed by atoms with Crippen LogP contribution in [0, 0.1) is 6.92 Å². The van der Waals surface area contributed by atoms with Crippen LogP contribution in [-0.2, 0) is 28.9 Å². The zero-order valence-corrected chi connectivity index (χ0v) is 19.4. The number of aromatic nitrogens is 1. The Bertz CT molecular complexity index is 1220. The van der Waals surface area contributed by atoms with Gasteiger partial charge in [0, 0.05) is 18.5 Å². The standard InChI is InChI=1S/C26H28N2O5/c1-5-20-25(16(2)19-8-6-7-9-21(19)27-20)26(30)33-15-24(29)28-11-10-17-12-22(31-3)23(32-4)13-18(17)14-28/h6-9,12-13H,5,10-11,14-15H2,1-4H3. The first-order chi connectivity index (χ1) is 16.0. The summed E-state index contributed by atoms with van der Waals surface area (Å²) in [7, 11) is 3.19. The van der Waals surface area contributed by atoms with Crippen molar-refractivity contribution in [3.63, 3.8) is 0 Å². The number of hydrogen-bond acceptors (Lipinski definition) is 6. The number of rotatable bonds is 6. The Hall–Kier alpha value is -3.61. The van der Waals surface area contributed by atoms with Gasteiger partial charge in [0.2, 0.25) is 0 Å². The van der Waals surface area contributed by atoms with Crippen LogP contribution in [0.15, 0.2) is 36.4 Å². The summed E-state index contributed by atoms with van der Waals surface area (Å²) in [6, 6.07) is 11.6. The Kier molecular flexibility index (Phi) is 6.49. The van der Waals surface area contributed by atoms with Crippen molar-refractivity contribution in [2.75, 3.05) is 27.4 Å². The van der Waals surface area contributed by atoms with Crippen LogP contribution in [0.5, 0.6) is 11.5 Å². The number of benzene rings is 2. The fraction of sp³-hybridized carbons (Fsp3) is 0.346. The molecule has 0 fully saturated rings. The van der Waals surface area contributed by atoms with Crippen LogP contribution in [0.2, 0.25) is 0 Å². The third-order valence-electron chi connectivity index (χ3n) is 6.16. The lowest BCUT2D eigenvalue weighted by molar-refractivity contribution is -0.135. The predicted molar refractivity (Wildman–Crippen MR) is 125 cm³/mol. The number of ether oxygens (including phenoxy) is 3. The number of esters is 1. The van der Waals surface area contributed by atoms with E-state index in [1.807, 2.05) is 50.2 Å². The van der Waals surface area contributed by atoms with Gasteiger partial charge in [0.25, 0.3) is 5.91 Å². The molecular formula is C26H28N2O5. The van der Waals surface area contributed by atoms with E-state index in [9.17, 15) is 9.59 Å². The highest BCUT2D eigenvalue weighted by Crippen LogP contribution is 2.33. The number of hydrogen-bond donors (Lipinski definition) is 0. The minimum absolute atomic E-state index is 0.228. The molecule has 1 aliphatic heterocycles. The molecule has 0 N–H and O–H groups in total. The fourth-order valence-electron chi connectivity index (χ4n) is 4.35. The fourth-order valence-corrected chi connectivity index (χ4v) is 4.35. The van der Waals surface area contributed by atoms with Crippen LogP contribution in [-0.4, -0.2) is 49.1 Å². The first-order valence-corrected chi connectivity index (χ1v) is 11.0. The number of fused-ring (bicyclic) bond motifs is 2. The molecule has 4 rings (SSSR count). The van der Waals surface area contributed by atoms with Crippen LogP contribution >= 0.6 is 0 Å². The van der Waals surface area contributed by atoms with Crippen molar-refractivity contribution in [3.05, 3.63) is 64.3 Å². The van der Waals surface area contributed by atoms with Gasteiger partial charge in [-0.05, 0) is 54.7 Å². The molecule has 172 valence electrons. The van der Waals surface area contributed by atoms with E-state index in [0.717, 1.165) is 27.6 Å². The number of nitrogens with zero attached hydrogens (tertiary/aromatic N) is 2. The maximum Gasteiger partial charge on any atom is 0.340 e. The van der Waals surface area contributed by atoms with Crippen molar-refractivity contribution in [2.45, 2.75) is 33.2 Å². The Labute approximate surface area is 193 Å². The van der Waals surface area contributed by atoms with Crippen LogP contribution < -0.4 is 9.47 Å². The minimum Gasteiger partial charge on any atom is -0.493 e. The van der Waals surface area contributed by atoms with Crippen LogP contribution in [0.1, 0.15) is 39.7 Å². The SMILES string of the molecule is CCc1nc2ccccc2c(C)c1C(=O)OCC(=O)N1CCc2cc(OC)c(OC)cc2C1. The smallest absolute Gasteiger partial charge is 0.340 e. The highest BCUT2D eigenvalue weighted by atomic mass is 16.5. The molecule has 1 aliphatic rings. The third-order valence-corrected chi connectivity index (χ3v) is 6.16. The lowest BCUT2D eigenvalue weighted by Crippen LogP contribution is -2.38. The number of carbonyl (C=O) groups is 2. The van der Waals surface area contributed by atoms with Gasteiger partial charge in [-0.1, -0.05) is 25.1 Å². The normalized spacial score (nSPS) is 12.9. The van der Waals surface area contributed by atoms with Crippen LogP contribution in [0.4, 0.5) is 0 Å². The molecule has 0 aliphatic carbocycles. The molecule has 7 nitrogen and oxygen atoms in total. The summed E-state index contributed by atoms with van der Waals surface area (Å²) < 4.78 is 16.2. The molecule has 7 heteroatoms. The van der Waals surface area contributed by atoms with Crippen molar-refractivity contribution in [1.29, 1.82) is 0 Å². The third kappa shape index (κ3) is 4.35. The number of aryl methyl sites for hydroxylation is 2. The van der Waals surface area contributed by atoms with Gasteiger partial charge < -0.3 is 19.1 Å². The quantitative estimate of drug-likeness (QED) is 0.533. The summed E-state index contributed by atoms with van der Waals surface area (Å²) >= 11 is 0. The van der Waals surface area contributed by atoms with Crippen molar-refractivity contribution < 1.29 is 23.8 Å². The van der Waals surface area contributed by atoms with E-state index in [0.29, 0.717) is 48.7 Å². The topological polar surface area (TPSA) is 78.0 Å². The highest BCUT2D eigenvalue weighted by molar-refractivity contribution is 5.99. The van der Waals surface area contributed by atoms with E-state index in [1.54, 1.807) is 19.1 Å². The largest absolute Gasteiger partial charge is 0.493 e. The van der Waals surface area contributed by atoms with Crippen molar-refractivity contribution in [3.8, 4) is 11.5 Å². The molecule has 3 aromatic rings. The molecule has 2 heterocycles. The van der Waals surface area contributed by atoms with Gasteiger partial charge in [-0.25, -0.2) is 4.79 Å². The number of amides is 1. The van der Waals surface area contributed by atoms with E-state index in [1.165, 1.54) is 0 Å². The van der Waals surface area contributed by atoms with Crippen LogP contribution in [0.25, 0.3) is 10.9 Å². The molecule has 0 bridgehead atoms. The number of methoxy groups -OCH3 is 2. The summed E-state index contributed by atoms with van der Waals surface area (Å²) in [6.07, 6.45) is 1.29. The molecule has 1 aromatic heterocycles. The lowest BCUT2D eigenvalue weighted by Gasteiger charge is -2.29. The Morgan fingerprint density at radius 2 is 1.76 bits per heavy atom. The first-order valence-electron chi connectivity index (χ1n) is 11.0. The van der Waals surface area contributed by atoms with Gasteiger partial charge in [0.05, 0.1) is 31.0 Å². The maximum atomic E-state index is 13.0. The van der Waals surface area contributed by atoms with E-state index in [2.05, 4.69) is 4.98 Å². The second kappa shape index (κ2) is 9.48. The molecule has 2 aromatic carbocycles. The van der Waals surface area contributed by atoms with E-state index in [-0.39, 0.29) is 12.5 Å². The van der Waals surface area contributed by atoms with Gasteiger partial charge in [-0.3, -0.25) is 9.78 Å². The zero-order chi connectivity index (χ0) is 23.5. The molecule has 0 saturated heterocycles. The summed E-state index contributed by atoms with van der Waals surface area (Å²) in [4.78, 5) is 32.1. The van der Waals surface area contributed by atoms with Gasteiger partial charge in [0.1, 0.15) is 0 Å². The first kappa shape index (κ1) is 22.6. The Morgan fingerprint density at radius 3 is 2.45 bits per heavy atom. The highest BCUT2D eigenvalue weighted by Gasteiger charge is 2.25. The Balaban J connectivity index is 1.48. The summed E-state index contributed by atoms with van der Waals surface area (Å²) in [5, 5.41) is 0.907. The molecule has 1 amide bonds. The van der Waals surface area contributed by atoms with Gasteiger partial charge in [-0.2, -0.15) is 0 Å². The molecule has 0 unspecified atom stereocenters. The molecule has 0 saturated carbocycles. The van der Waals surface area contributed by atoms with Gasteiger partial charge >= 0.3 is 5.97 Å². The summed E-state index contributed by atoms with van der Waals surface area (Å²) in [5.74, 6) is 0.562. The second-order valence-electron chi connectivity index (χ2n) is 8.05. The maximum absolute atomic E-state index is 13.0. The van der Waals surface area contributed by atoms with Gasteiger partial charge in [0.15, 0.2) is 18.1 Å². The van der Waals surface area contributed by atoms with Gasteiger partial charge in [-0.15, -0.1) is 0 Å². The molecule has 0 radical (unpaired) electrons. The molecule has 0 spiro atoms. The van der Waals surface area contributed by atoms with E-state index in [4.69, 9.17) is 14.2 Å². The second-order valence-corrected chi connectivity index (χ2v) is 8.05. The molecule has 33 heavy (non-hydrogen) atoms. The van der Waals surface area contributed by atoms with Crippen molar-refractivity contribution in [2.24, 2.45) is 0 Å². The van der Waals surface area contributed by atoms with E-state index < -0.39 is 5.97 Å². The minimum atomic E-state index is -0.514. The summed E-state index contributed by atoms with van der Waals surface area (Å²) in [6.45, 7) is 4.52. The molecular weight excluding hydrogens is 420 g/mol. The van der Waals surface area contributed by atoms with Crippen molar-refractivity contribution in [1.82, 2.24) is 9.88 Å². The molecule has 0 atom stereocenters. The van der Waals surface area contributed by atoms with E-state index >= 15 is 0 Å². The monoisotopic (exact) mass is 448 g/mol. The summed E-state index contributed by atoms with van der Waals surface area (Å²) in [5.41, 5.74) is 4.92. The number of para-hydroxylation sites is 1. The Morgan fingerprint density at radius 1 is 1.06 bits per heavy atom.